The van der Waals surface area contributed by atoms with E-state index in [-0.39, 0.29) is 11.6 Å². The Balaban J connectivity index is 2.00. The third kappa shape index (κ3) is 5.37. The van der Waals surface area contributed by atoms with E-state index in [0.717, 1.165) is 16.9 Å². The van der Waals surface area contributed by atoms with Gasteiger partial charge in [-0.2, -0.15) is 0 Å². The molecular formula is C28H49NOSn. The van der Waals surface area contributed by atoms with Crippen molar-refractivity contribution in [1.82, 2.24) is 4.90 Å². The van der Waals surface area contributed by atoms with Gasteiger partial charge in [-0.25, -0.2) is 0 Å². The number of piperidine rings is 1. The quantitative estimate of drug-likeness (QED) is 0.279. The van der Waals surface area contributed by atoms with Crippen molar-refractivity contribution >= 4 is 18.4 Å². The van der Waals surface area contributed by atoms with Gasteiger partial charge in [0.25, 0.3) is 0 Å². The number of rotatable bonds is 12. The molecule has 1 aromatic rings. The molecule has 3 rings (SSSR count). The molecule has 2 bridgehead atoms. The van der Waals surface area contributed by atoms with E-state index in [4.69, 9.17) is 0 Å². The molecule has 2 nitrogen and oxygen atoms in total. The maximum atomic E-state index is 11.5. The molecule has 3 heteroatoms. The Kier molecular flexibility index (Phi) is 9.38. The van der Waals surface area contributed by atoms with E-state index in [2.05, 4.69) is 69.9 Å². The molecule has 0 spiro atoms. The SMILES string of the molecule is CCC[CH2][Sn]([CH2]CCC)([CH2]CCC)[CH]1CC2(C)C(C)CC(O)C1N2Cc1ccccc1. The molecule has 2 aliphatic heterocycles. The van der Waals surface area contributed by atoms with Gasteiger partial charge in [0.1, 0.15) is 0 Å². The van der Waals surface area contributed by atoms with Crippen molar-refractivity contribution in [3.05, 3.63) is 35.9 Å². The standard InChI is InChI=1S/C16H22NO.3C4H9.Sn/c1-12-10-15(18)14-8-9-16(12,2)17(14)11-13-6-4-3-5-7-13;3*1-3-4-2;/h3-8,12,14-15,18H,9-11H2,1-2H3;3*1,3-4H2,2H3;. The molecule has 0 saturated carbocycles. The predicted octanol–water partition coefficient (Wildman–Crippen LogP) is 7.64. The molecule has 0 aliphatic carbocycles. The van der Waals surface area contributed by atoms with E-state index >= 15 is 0 Å². The van der Waals surface area contributed by atoms with Crippen LogP contribution in [0.2, 0.25) is 17.2 Å². The Morgan fingerprint density at radius 2 is 1.52 bits per heavy atom. The molecule has 2 aliphatic rings. The summed E-state index contributed by atoms with van der Waals surface area (Å²) in [5.41, 5.74) is 1.66. The van der Waals surface area contributed by atoms with Gasteiger partial charge >= 0.3 is 198 Å². The predicted molar refractivity (Wildman–Crippen MR) is 137 cm³/mol. The van der Waals surface area contributed by atoms with Crippen LogP contribution in [0.1, 0.15) is 91.5 Å². The first-order valence-corrected chi connectivity index (χ1v) is 21.1. The molecule has 5 unspecified atom stereocenters. The third-order valence-corrected chi connectivity index (χ3v) is 26.8. The molecule has 0 aromatic heterocycles. The second-order valence-electron chi connectivity index (χ2n) is 11.1. The van der Waals surface area contributed by atoms with Crippen molar-refractivity contribution in [3.63, 3.8) is 0 Å². The zero-order valence-electron chi connectivity index (χ0n) is 21.1. The summed E-state index contributed by atoms with van der Waals surface area (Å²) in [5, 5.41) is 11.5. The molecule has 0 amide bonds. The Morgan fingerprint density at radius 3 is 2.03 bits per heavy atom. The second kappa shape index (κ2) is 11.4. The van der Waals surface area contributed by atoms with Crippen LogP contribution in [0.15, 0.2) is 30.3 Å². The number of hydrogen-bond acceptors (Lipinski definition) is 2. The van der Waals surface area contributed by atoms with Crippen LogP contribution >= 0.6 is 0 Å². The summed E-state index contributed by atoms with van der Waals surface area (Å²) < 4.78 is 5.50. The minimum atomic E-state index is -2.45. The fraction of sp³-hybridized carbons (Fsp3) is 0.786. The Hall–Kier alpha value is -0.0613. The molecule has 2 heterocycles. The van der Waals surface area contributed by atoms with Crippen LogP contribution in [0, 0.1) is 5.92 Å². The molecule has 1 aromatic carbocycles. The average molecular weight is 534 g/mol. The number of nitrogens with zero attached hydrogens (tertiary/aromatic N) is 1. The van der Waals surface area contributed by atoms with Gasteiger partial charge in [0.15, 0.2) is 0 Å². The van der Waals surface area contributed by atoms with E-state index in [1.54, 1.807) is 13.3 Å². The number of hydrogen-bond donors (Lipinski definition) is 1. The molecule has 31 heavy (non-hydrogen) atoms. The first-order valence-electron chi connectivity index (χ1n) is 13.4. The van der Waals surface area contributed by atoms with Gasteiger partial charge in [0.05, 0.1) is 0 Å². The van der Waals surface area contributed by atoms with E-state index in [1.807, 2.05) is 0 Å². The summed E-state index contributed by atoms with van der Waals surface area (Å²) >= 11 is -2.45. The van der Waals surface area contributed by atoms with Crippen molar-refractivity contribution < 1.29 is 5.11 Å². The van der Waals surface area contributed by atoms with Crippen molar-refractivity contribution in [1.29, 1.82) is 0 Å². The Bertz CT molecular complexity index is 642. The van der Waals surface area contributed by atoms with Gasteiger partial charge in [-0.1, -0.05) is 0 Å². The van der Waals surface area contributed by atoms with Crippen LogP contribution in [-0.2, 0) is 6.54 Å². The van der Waals surface area contributed by atoms with Gasteiger partial charge < -0.3 is 0 Å². The molecule has 0 radical (unpaired) electrons. The fourth-order valence-corrected chi connectivity index (χ4v) is 27.1. The van der Waals surface area contributed by atoms with Crippen LogP contribution in [0.5, 0.6) is 0 Å². The summed E-state index contributed by atoms with van der Waals surface area (Å²) in [6.07, 6.45) is 10.5. The van der Waals surface area contributed by atoms with E-state index in [1.165, 1.54) is 50.5 Å². The van der Waals surface area contributed by atoms with Gasteiger partial charge in [-0.05, 0) is 0 Å². The van der Waals surface area contributed by atoms with Crippen molar-refractivity contribution in [2.45, 2.75) is 127 Å². The van der Waals surface area contributed by atoms with Crippen molar-refractivity contribution in [3.8, 4) is 0 Å². The van der Waals surface area contributed by atoms with Gasteiger partial charge in [0, 0.05) is 0 Å². The van der Waals surface area contributed by atoms with Crippen molar-refractivity contribution in [2.75, 3.05) is 0 Å². The van der Waals surface area contributed by atoms with Crippen LogP contribution in [0.4, 0.5) is 0 Å². The summed E-state index contributed by atoms with van der Waals surface area (Å²) in [6, 6.07) is 11.4. The summed E-state index contributed by atoms with van der Waals surface area (Å²) in [4.78, 5) is 2.81. The third-order valence-electron chi connectivity index (χ3n) is 9.18. The van der Waals surface area contributed by atoms with Gasteiger partial charge in [0.2, 0.25) is 0 Å². The van der Waals surface area contributed by atoms with Gasteiger partial charge in [-0.15, -0.1) is 0 Å². The molecule has 2 fully saturated rings. The number of unbranched alkanes of at least 4 members (excludes halogenated alkanes) is 3. The monoisotopic (exact) mass is 535 g/mol. The number of fused-ring (bicyclic) bond motifs is 2. The second-order valence-corrected chi connectivity index (χ2v) is 25.3. The fourth-order valence-electron chi connectivity index (χ4n) is 7.12. The maximum absolute atomic E-state index is 11.5. The molecule has 5 atom stereocenters. The van der Waals surface area contributed by atoms with Crippen LogP contribution in [-0.4, -0.2) is 46.1 Å². The first kappa shape index (κ1) is 25.6. The van der Waals surface area contributed by atoms with E-state index in [9.17, 15) is 5.11 Å². The topological polar surface area (TPSA) is 23.5 Å². The molecular weight excluding hydrogens is 485 g/mol. The summed E-state index contributed by atoms with van der Waals surface area (Å²) in [5.74, 6) is 0.569. The first-order chi connectivity index (χ1) is 14.9. The molecule has 2 saturated heterocycles. The summed E-state index contributed by atoms with van der Waals surface area (Å²) in [6.45, 7) is 13.1. The molecule has 176 valence electrons. The van der Waals surface area contributed by atoms with Crippen LogP contribution in [0.3, 0.4) is 0 Å². The van der Waals surface area contributed by atoms with Crippen LogP contribution in [0.25, 0.3) is 0 Å². The average Bonchev–Trinajstić information content (AvgIpc) is 3.02. The van der Waals surface area contributed by atoms with Gasteiger partial charge in [-0.3, -0.25) is 0 Å². The molecule has 1 N–H and O–H groups in total. The number of aliphatic hydroxyl groups is 1. The Morgan fingerprint density at radius 1 is 0.968 bits per heavy atom. The number of benzene rings is 1. The van der Waals surface area contributed by atoms with E-state index < -0.39 is 18.4 Å². The zero-order valence-corrected chi connectivity index (χ0v) is 23.9. The Labute approximate surface area is 197 Å². The summed E-state index contributed by atoms with van der Waals surface area (Å²) in [7, 11) is 0. The number of aliphatic hydroxyl groups excluding tert-OH is 1. The van der Waals surface area contributed by atoms with Crippen LogP contribution < -0.4 is 0 Å². The van der Waals surface area contributed by atoms with Crippen molar-refractivity contribution in [2.24, 2.45) is 5.92 Å². The zero-order chi connectivity index (χ0) is 22.5. The normalized spacial score (nSPS) is 31.3. The minimum absolute atomic E-state index is 0.139. The van der Waals surface area contributed by atoms with E-state index in [0.29, 0.717) is 12.0 Å².